The van der Waals surface area contributed by atoms with Gasteiger partial charge < -0.3 is 5.32 Å². The number of nitrogens with one attached hydrogen (secondary N) is 1. The molecule has 0 aromatic carbocycles. The summed E-state index contributed by atoms with van der Waals surface area (Å²) in [5, 5.41) is 3.12. The van der Waals surface area contributed by atoms with Crippen LogP contribution >= 0.6 is 0 Å². The highest BCUT2D eigenvalue weighted by molar-refractivity contribution is 4.73. The molecule has 1 aliphatic heterocycles. The molecule has 1 saturated heterocycles. The van der Waals surface area contributed by atoms with Gasteiger partial charge in [-0.3, -0.25) is 0 Å². The standard InChI is InChI=1S/C6H12FN/c1-5-4-8-3-2-6(5)7/h5-6,8H,2-4H2,1H3/t5-,6+/m0/s1. The average Bonchev–Trinajstić information content (AvgIpc) is 1.77. The zero-order chi connectivity index (χ0) is 5.98. The first-order valence-corrected chi connectivity index (χ1v) is 3.15. The van der Waals surface area contributed by atoms with Gasteiger partial charge in [-0.1, -0.05) is 6.92 Å². The van der Waals surface area contributed by atoms with Gasteiger partial charge in [-0.25, -0.2) is 4.39 Å². The number of piperidine rings is 1. The summed E-state index contributed by atoms with van der Waals surface area (Å²) in [4.78, 5) is 0. The molecule has 1 heterocycles. The molecule has 1 rings (SSSR count). The van der Waals surface area contributed by atoms with E-state index in [9.17, 15) is 4.39 Å². The Bertz CT molecular complexity index is 64.9. The molecule has 0 aliphatic carbocycles. The van der Waals surface area contributed by atoms with E-state index >= 15 is 0 Å². The van der Waals surface area contributed by atoms with Crippen molar-refractivity contribution in [1.82, 2.24) is 5.32 Å². The van der Waals surface area contributed by atoms with E-state index in [0.717, 1.165) is 13.1 Å². The van der Waals surface area contributed by atoms with E-state index in [-0.39, 0.29) is 5.92 Å². The Morgan fingerprint density at radius 2 is 2.38 bits per heavy atom. The Hall–Kier alpha value is -0.110. The number of halogens is 1. The van der Waals surface area contributed by atoms with Crippen molar-refractivity contribution in [3.05, 3.63) is 0 Å². The van der Waals surface area contributed by atoms with Gasteiger partial charge in [0.1, 0.15) is 6.17 Å². The number of alkyl halides is 1. The molecular weight excluding hydrogens is 105 g/mol. The van der Waals surface area contributed by atoms with Crippen molar-refractivity contribution in [2.45, 2.75) is 19.5 Å². The van der Waals surface area contributed by atoms with Crippen molar-refractivity contribution >= 4 is 0 Å². The van der Waals surface area contributed by atoms with E-state index in [1.54, 1.807) is 0 Å². The van der Waals surface area contributed by atoms with Gasteiger partial charge in [0.25, 0.3) is 0 Å². The quantitative estimate of drug-likeness (QED) is 0.498. The monoisotopic (exact) mass is 117 g/mol. The molecule has 1 aliphatic rings. The van der Waals surface area contributed by atoms with E-state index in [4.69, 9.17) is 0 Å². The summed E-state index contributed by atoms with van der Waals surface area (Å²) in [6.07, 6.45) is 0.137. The first-order valence-electron chi connectivity index (χ1n) is 3.15. The van der Waals surface area contributed by atoms with E-state index < -0.39 is 6.17 Å². The Balaban J connectivity index is 2.28. The smallest absolute Gasteiger partial charge is 0.105 e. The Morgan fingerprint density at radius 1 is 1.62 bits per heavy atom. The summed E-state index contributed by atoms with van der Waals surface area (Å²) in [6.45, 7) is 3.64. The second kappa shape index (κ2) is 2.44. The second-order valence-electron chi connectivity index (χ2n) is 2.49. The van der Waals surface area contributed by atoms with Crippen LogP contribution in [0.2, 0.25) is 0 Å². The van der Waals surface area contributed by atoms with Crippen LogP contribution in [0.3, 0.4) is 0 Å². The molecule has 48 valence electrons. The highest BCUT2D eigenvalue weighted by Crippen LogP contribution is 2.12. The first kappa shape index (κ1) is 6.02. The van der Waals surface area contributed by atoms with E-state index in [1.165, 1.54) is 0 Å². The maximum absolute atomic E-state index is 12.5. The fraction of sp³-hybridized carbons (Fsp3) is 1.00. The molecular formula is C6H12FN. The fourth-order valence-electron chi connectivity index (χ4n) is 0.982. The predicted molar refractivity (Wildman–Crippen MR) is 31.5 cm³/mol. The molecule has 2 heteroatoms. The molecule has 0 radical (unpaired) electrons. The van der Waals surface area contributed by atoms with Crippen molar-refractivity contribution in [3.63, 3.8) is 0 Å². The highest BCUT2D eigenvalue weighted by atomic mass is 19.1. The molecule has 0 aromatic rings. The van der Waals surface area contributed by atoms with Crippen molar-refractivity contribution in [2.24, 2.45) is 5.92 Å². The van der Waals surface area contributed by atoms with Gasteiger partial charge in [0.15, 0.2) is 0 Å². The normalized spacial score (nSPS) is 39.8. The Morgan fingerprint density at radius 3 is 2.75 bits per heavy atom. The maximum Gasteiger partial charge on any atom is 0.105 e. The number of hydrogen-bond acceptors (Lipinski definition) is 1. The van der Waals surface area contributed by atoms with Crippen LogP contribution in [0.25, 0.3) is 0 Å². The first-order chi connectivity index (χ1) is 3.80. The molecule has 2 atom stereocenters. The Kier molecular flexibility index (Phi) is 1.84. The van der Waals surface area contributed by atoms with Crippen LogP contribution in [0.5, 0.6) is 0 Å². The lowest BCUT2D eigenvalue weighted by atomic mass is 10.0. The van der Waals surface area contributed by atoms with Crippen molar-refractivity contribution in [3.8, 4) is 0 Å². The van der Waals surface area contributed by atoms with Crippen LogP contribution in [-0.4, -0.2) is 19.3 Å². The molecule has 0 aromatic heterocycles. The lowest BCUT2D eigenvalue weighted by Gasteiger charge is -2.22. The molecule has 0 amide bonds. The molecule has 0 unspecified atom stereocenters. The molecule has 1 N–H and O–H groups in total. The minimum atomic E-state index is -0.559. The van der Waals surface area contributed by atoms with Gasteiger partial charge in [-0.05, 0) is 18.9 Å². The zero-order valence-electron chi connectivity index (χ0n) is 5.15. The second-order valence-corrected chi connectivity index (χ2v) is 2.49. The summed E-state index contributed by atoms with van der Waals surface area (Å²) < 4.78 is 12.5. The van der Waals surface area contributed by atoms with Gasteiger partial charge in [-0.15, -0.1) is 0 Å². The van der Waals surface area contributed by atoms with Crippen molar-refractivity contribution in [1.29, 1.82) is 0 Å². The topological polar surface area (TPSA) is 12.0 Å². The third kappa shape index (κ3) is 1.19. The zero-order valence-corrected chi connectivity index (χ0v) is 5.15. The van der Waals surface area contributed by atoms with Crippen LogP contribution in [0.4, 0.5) is 4.39 Å². The van der Waals surface area contributed by atoms with Gasteiger partial charge in [-0.2, -0.15) is 0 Å². The molecule has 1 nitrogen and oxygen atoms in total. The molecule has 1 fully saturated rings. The predicted octanol–water partition coefficient (Wildman–Crippen LogP) is 0.954. The summed E-state index contributed by atoms with van der Waals surface area (Å²) in [6, 6.07) is 0. The lowest BCUT2D eigenvalue weighted by molar-refractivity contribution is 0.192. The highest BCUT2D eigenvalue weighted by Gasteiger charge is 2.18. The van der Waals surface area contributed by atoms with Gasteiger partial charge in [0.05, 0.1) is 0 Å². The minimum Gasteiger partial charge on any atom is -0.316 e. The van der Waals surface area contributed by atoms with E-state index in [2.05, 4.69) is 5.32 Å². The van der Waals surface area contributed by atoms with E-state index in [0.29, 0.717) is 6.42 Å². The SMILES string of the molecule is C[C@H]1CNCC[C@H]1F. The van der Waals surface area contributed by atoms with Crippen LogP contribution < -0.4 is 5.32 Å². The van der Waals surface area contributed by atoms with Crippen LogP contribution in [0.1, 0.15) is 13.3 Å². The number of rotatable bonds is 0. The molecule has 8 heavy (non-hydrogen) atoms. The lowest BCUT2D eigenvalue weighted by Crippen LogP contribution is -2.35. The molecule has 0 saturated carbocycles. The van der Waals surface area contributed by atoms with Crippen molar-refractivity contribution in [2.75, 3.05) is 13.1 Å². The van der Waals surface area contributed by atoms with Crippen LogP contribution in [0.15, 0.2) is 0 Å². The average molecular weight is 117 g/mol. The van der Waals surface area contributed by atoms with E-state index in [1.807, 2.05) is 6.92 Å². The minimum absolute atomic E-state index is 0.226. The largest absolute Gasteiger partial charge is 0.316 e. The third-order valence-electron chi connectivity index (χ3n) is 1.68. The summed E-state index contributed by atoms with van der Waals surface area (Å²) in [5.41, 5.74) is 0. The summed E-state index contributed by atoms with van der Waals surface area (Å²) in [5.74, 6) is 0.226. The van der Waals surface area contributed by atoms with Gasteiger partial charge in [0, 0.05) is 6.54 Å². The third-order valence-corrected chi connectivity index (χ3v) is 1.68. The van der Waals surface area contributed by atoms with Gasteiger partial charge in [0.2, 0.25) is 0 Å². The summed E-state index contributed by atoms with van der Waals surface area (Å²) in [7, 11) is 0. The van der Waals surface area contributed by atoms with Crippen LogP contribution in [0, 0.1) is 5.92 Å². The number of hydrogen-bond donors (Lipinski definition) is 1. The molecule has 0 bridgehead atoms. The molecule has 0 spiro atoms. The Labute approximate surface area is 49.3 Å². The van der Waals surface area contributed by atoms with Gasteiger partial charge >= 0.3 is 0 Å². The summed E-state index contributed by atoms with van der Waals surface area (Å²) >= 11 is 0. The van der Waals surface area contributed by atoms with Crippen molar-refractivity contribution < 1.29 is 4.39 Å². The maximum atomic E-state index is 12.5. The fourth-order valence-corrected chi connectivity index (χ4v) is 0.982. The van der Waals surface area contributed by atoms with Crippen LogP contribution in [-0.2, 0) is 0 Å².